The maximum atomic E-state index is 14.3. The van der Waals surface area contributed by atoms with Gasteiger partial charge in [0.25, 0.3) is 0 Å². The van der Waals surface area contributed by atoms with Gasteiger partial charge in [-0.05, 0) is 34.1 Å². The first kappa shape index (κ1) is 14.4. The minimum absolute atomic E-state index is 0.0986. The molecule has 0 N–H and O–H groups in total. The summed E-state index contributed by atoms with van der Waals surface area (Å²) in [6, 6.07) is 8.68. The predicted molar refractivity (Wildman–Crippen MR) is 74.4 cm³/mol. The van der Waals surface area contributed by atoms with Crippen molar-refractivity contribution in [2.24, 2.45) is 0 Å². The minimum Gasteiger partial charge on any atom is -0.243 e. The van der Waals surface area contributed by atoms with Gasteiger partial charge in [-0.3, -0.25) is 0 Å². The smallest absolute Gasteiger partial charge is 0.233 e. The van der Waals surface area contributed by atoms with E-state index < -0.39 is 15.3 Å². The minimum atomic E-state index is -4.14. The zero-order valence-corrected chi connectivity index (χ0v) is 12.6. The summed E-state index contributed by atoms with van der Waals surface area (Å²) in [5, 5.41) is -0.171. The summed E-state index contributed by atoms with van der Waals surface area (Å²) < 4.78 is 39.0. The lowest BCUT2D eigenvalue weighted by atomic mass is 10.3. The first-order chi connectivity index (χ1) is 8.93. The highest BCUT2D eigenvalue weighted by Crippen LogP contribution is 2.34. The van der Waals surface area contributed by atoms with E-state index in [9.17, 15) is 12.8 Å². The molecule has 2 rings (SSSR count). The molecular formula is C12H8BrClFNO2S. The lowest BCUT2D eigenvalue weighted by Crippen LogP contribution is -2.10. The van der Waals surface area contributed by atoms with E-state index in [0.717, 1.165) is 0 Å². The summed E-state index contributed by atoms with van der Waals surface area (Å²) in [6.07, 6.45) is 1.37. The third-order valence-corrected chi connectivity index (χ3v) is 4.90. The average molecular weight is 365 g/mol. The first-order valence-electron chi connectivity index (χ1n) is 5.17. The Bertz CT molecular complexity index is 694. The Kier molecular flexibility index (Phi) is 4.23. The van der Waals surface area contributed by atoms with E-state index >= 15 is 0 Å². The number of halogens is 3. The molecule has 100 valence electrons. The van der Waals surface area contributed by atoms with E-state index in [1.165, 1.54) is 36.5 Å². The van der Waals surface area contributed by atoms with Crippen LogP contribution in [-0.2, 0) is 9.84 Å². The summed E-state index contributed by atoms with van der Waals surface area (Å²) in [4.78, 5) is 3.62. The molecule has 0 saturated heterocycles. The highest BCUT2D eigenvalue weighted by atomic mass is 79.9. The Balaban J connectivity index is 2.50. The zero-order chi connectivity index (χ0) is 14.0. The Morgan fingerprint density at radius 2 is 1.89 bits per heavy atom. The van der Waals surface area contributed by atoms with Crippen LogP contribution < -0.4 is 0 Å². The molecule has 0 spiro atoms. The largest absolute Gasteiger partial charge is 0.243 e. The fraction of sp³-hybridized carbons (Fsp3) is 0.0833. The van der Waals surface area contributed by atoms with Crippen molar-refractivity contribution in [2.45, 2.75) is 10.4 Å². The lowest BCUT2D eigenvalue weighted by Gasteiger charge is -2.11. The summed E-state index contributed by atoms with van der Waals surface area (Å²) in [7, 11) is -4.14. The predicted octanol–water partition coefficient (Wildman–Crippen LogP) is 3.94. The summed E-state index contributed by atoms with van der Waals surface area (Å²) in [6.45, 7) is 0. The lowest BCUT2D eigenvalue weighted by molar-refractivity contribution is 0.430. The van der Waals surface area contributed by atoms with Crippen LogP contribution in [-0.4, -0.2) is 13.4 Å². The van der Waals surface area contributed by atoms with Gasteiger partial charge in [0.15, 0.2) is 0 Å². The summed E-state index contributed by atoms with van der Waals surface area (Å²) >= 11 is 8.85. The highest BCUT2D eigenvalue weighted by Gasteiger charge is 2.31. The number of hydrogen-bond acceptors (Lipinski definition) is 3. The third-order valence-electron chi connectivity index (χ3n) is 2.42. The van der Waals surface area contributed by atoms with Gasteiger partial charge < -0.3 is 0 Å². The molecule has 0 saturated carbocycles. The SMILES string of the molecule is O=S(=O)(c1ccccc1)C(F)c1cc(Br)cnc1Cl. The van der Waals surface area contributed by atoms with Gasteiger partial charge >= 0.3 is 0 Å². The van der Waals surface area contributed by atoms with Gasteiger partial charge in [-0.25, -0.2) is 17.8 Å². The van der Waals surface area contributed by atoms with Crippen LogP contribution >= 0.6 is 27.5 Å². The van der Waals surface area contributed by atoms with Gasteiger partial charge in [0.2, 0.25) is 15.3 Å². The van der Waals surface area contributed by atoms with Crippen molar-refractivity contribution >= 4 is 37.4 Å². The van der Waals surface area contributed by atoms with Crippen molar-refractivity contribution in [1.29, 1.82) is 0 Å². The van der Waals surface area contributed by atoms with Crippen LogP contribution in [0.15, 0.2) is 52.0 Å². The molecule has 1 heterocycles. The molecule has 0 aliphatic rings. The molecule has 0 aliphatic heterocycles. The molecule has 0 bridgehead atoms. The van der Waals surface area contributed by atoms with Gasteiger partial charge in [-0.15, -0.1) is 0 Å². The van der Waals surface area contributed by atoms with Crippen molar-refractivity contribution in [3.05, 3.63) is 57.8 Å². The fourth-order valence-corrected chi connectivity index (χ4v) is 3.40. The molecule has 1 unspecified atom stereocenters. The summed E-state index contributed by atoms with van der Waals surface area (Å²) in [5.41, 5.74) is -2.44. The second kappa shape index (κ2) is 5.56. The standard InChI is InChI=1S/C12H8BrClFNO2S/c13-8-6-10(11(14)16-7-8)12(15)19(17,18)9-4-2-1-3-5-9/h1-7,12H. The molecule has 1 atom stereocenters. The van der Waals surface area contributed by atoms with Crippen LogP contribution in [0.5, 0.6) is 0 Å². The number of pyridine rings is 1. The number of aromatic nitrogens is 1. The molecule has 0 amide bonds. The Hall–Kier alpha value is -0.980. The van der Waals surface area contributed by atoms with Crippen LogP contribution in [0.25, 0.3) is 0 Å². The molecular weight excluding hydrogens is 357 g/mol. The molecule has 7 heteroatoms. The van der Waals surface area contributed by atoms with Gasteiger partial charge in [0, 0.05) is 16.2 Å². The number of rotatable bonds is 3. The maximum Gasteiger partial charge on any atom is 0.233 e. The van der Waals surface area contributed by atoms with E-state index in [1.807, 2.05) is 0 Å². The average Bonchev–Trinajstić information content (AvgIpc) is 2.41. The molecule has 3 nitrogen and oxygen atoms in total. The monoisotopic (exact) mass is 363 g/mol. The zero-order valence-electron chi connectivity index (χ0n) is 9.42. The van der Waals surface area contributed by atoms with Gasteiger partial charge in [0.1, 0.15) is 5.15 Å². The second-order valence-electron chi connectivity index (χ2n) is 3.71. The Morgan fingerprint density at radius 1 is 1.26 bits per heavy atom. The van der Waals surface area contributed by atoms with Crippen molar-refractivity contribution in [1.82, 2.24) is 4.98 Å². The van der Waals surface area contributed by atoms with Crippen molar-refractivity contribution in [2.75, 3.05) is 0 Å². The number of nitrogens with zero attached hydrogens (tertiary/aromatic N) is 1. The first-order valence-corrected chi connectivity index (χ1v) is 7.88. The van der Waals surface area contributed by atoms with Gasteiger partial charge in [-0.2, -0.15) is 0 Å². The highest BCUT2D eigenvalue weighted by molar-refractivity contribution is 9.10. The Labute approximate surface area is 123 Å². The van der Waals surface area contributed by atoms with E-state index in [2.05, 4.69) is 20.9 Å². The molecule has 0 aliphatic carbocycles. The van der Waals surface area contributed by atoms with E-state index in [4.69, 9.17) is 11.6 Å². The number of hydrogen-bond donors (Lipinski definition) is 0. The number of benzene rings is 1. The topological polar surface area (TPSA) is 47.0 Å². The Morgan fingerprint density at radius 3 is 2.53 bits per heavy atom. The molecule has 1 aromatic carbocycles. The number of alkyl halides is 1. The summed E-state index contributed by atoms with van der Waals surface area (Å²) in [5.74, 6) is 0. The molecule has 19 heavy (non-hydrogen) atoms. The van der Waals surface area contributed by atoms with Crippen molar-refractivity contribution < 1.29 is 12.8 Å². The van der Waals surface area contributed by atoms with Crippen LogP contribution in [0.3, 0.4) is 0 Å². The normalized spacial score (nSPS) is 13.2. The van der Waals surface area contributed by atoms with Crippen molar-refractivity contribution in [3.8, 4) is 0 Å². The van der Waals surface area contributed by atoms with E-state index in [-0.39, 0.29) is 15.6 Å². The van der Waals surface area contributed by atoms with Gasteiger partial charge in [-0.1, -0.05) is 29.8 Å². The second-order valence-corrected chi connectivity index (χ2v) is 6.96. The maximum absolute atomic E-state index is 14.3. The third kappa shape index (κ3) is 2.96. The van der Waals surface area contributed by atoms with E-state index in [0.29, 0.717) is 4.47 Å². The molecule has 0 fully saturated rings. The van der Waals surface area contributed by atoms with Crippen LogP contribution in [0.4, 0.5) is 4.39 Å². The van der Waals surface area contributed by atoms with Gasteiger partial charge in [0.05, 0.1) is 4.90 Å². The van der Waals surface area contributed by atoms with Crippen LogP contribution in [0.1, 0.15) is 11.1 Å². The molecule has 0 radical (unpaired) electrons. The van der Waals surface area contributed by atoms with Crippen molar-refractivity contribution in [3.63, 3.8) is 0 Å². The van der Waals surface area contributed by atoms with Crippen LogP contribution in [0.2, 0.25) is 5.15 Å². The van der Waals surface area contributed by atoms with E-state index in [1.54, 1.807) is 6.07 Å². The van der Waals surface area contributed by atoms with Crippen LogP contribution in [0, 0.1) is 0 Å². The molecule has 1 aromatic heterocycles. The molecule has 2 aromatic rings. The number of sulfone groups is 1. The fourth-order valence-electron chi connectivity index (χ4n) is 1.49. The quantitative estimate of drug-likeness (QED) is 0.775.